The number of aryl methyl sites for hydroxylation is 2. The number of hydrogen-bond donors (Lipinski definition) is 1. The number of nitrogens with two attached hydrogens (primary N) is 1. The number of rotatable bonds is 5. The summed E-state index contributed by atoms with van der Waals surface area (Å²) in [6.45, 7) is 6.48. The van der Waals surface area contributed by atoms with Crippen molar-refractivity contribution in [1.29, 1.82) is 0 Å². The fraction of sp³-hybridized carbons (Fsp3) is 0.533. The topological polar surface area (TPSA) is 55.6 Å². The van der Waals surface area contributed by atoms with Gasteiger partial charge in [0.15, 0.2) is 0 Å². The summed E-state index contributed by atoms with van der Waals surface area (Å²) in [5.74, 6) is 0.952. The number of carbonyl (C=O) groups is 1. The lowest BCUT2D eigenvalue weighted by Crippen LogP contribution is -2.31. The molecule has 0 heterocycles. The van der Waals surface area contributed by atoms with E-state index < -0.39 is 0 Å². The molecule has 1 aromatic rings. The van der Waals surface area contributed by atoms with Gasteiger partial charge in [0, 0.05) is 26.1 Å². The average Bonchev–Trinajstić information content (AvgIpc) is 2.32. The first-order chi connectivity index (χ1) is 8.85. The first kappa shape index (κ1) is 15.5. The molecule has 4 heteroatoms. The van der Waals surface area contributed by atoms with Crippen LogP contribution in [-0.4, -0.2) is 31.0 Å². The fourth-order valence-electron chi connectivity index (χ4n) is 2.01. The van der Waals surface area contributed by atoms with Crippen molar-refractivity contribution >= 4 is 5.91 Å². The normalized spacial score (nSPS) is 12.1. The van der Waals surface area contributed by atoms with Gasteiger partial charge in [-0.05, 0) is 43.5 Å². The summed E-state index contributed by atoms with van der Waals surface area (Å²) in [6.07, 6.45) is 0.380. The molecule has 0 aliphatic carbocycles. The van der Waals surface area contributed by atoms with Gasteiger partial charge in [0.2, 0.25) is 5.91 Å². The standard InChI is InChI=1S/C15H24N2O2/c1-10-7-14(19-5)11(2)6-13(10)9-17(4)15(18)8-12(3)16/h6-7,12H,8-9,16H2,1-5H3. The van der Waals surface area contributed by atoms with Gasteiger partial charge in [-0.15, -0.1) is 0 Å². The van der Waals surface area contributed by atoms with Crippen molar-refractivity contribution in [3.63, 3.8) is 0 Å². The molecule has 106 valence electrons. The van der Waals surface area contributed by atoms with Crippen LogP contribution >= 0.6 is 0 Å². The molecule has 1 amide bonds. The number of methoxy groups -OCH3 is 1. The molecule has 0 saturated heterocycles. The van der Waals surface area contributed by atoms with E-state index in [-0.39, 0.29) is 11.9 Å². The first-order valence-electron chi connectivity index (χ1n) is 6.48. The van der Waals surface area contributed by atoms with E-state index in [1.165, 1.54) is 0 Å². The van der Waals surface area contributed by atoms with Gasteiger partial charge in [0.05, 0.1) is 7.11 Å². The van der Waals surface area contributed by atoms with E-state index in [9.17, 15) is 4.79 Å². The van der Waals surface area contributed by atoms with E-state index in [0.29, 0.717) is 13.0 Å². The second-order valence-electron chi connectivity index (χ2n) is 5.18. The van der Waals surface area contributed by atoms with Crippen LogP contribution < -0.4 is 10.5 Å². The van der Waals surface area contributed by atoms with E-state index >= 15 is 0 Å². The molecule has 0 saturated carbocycles. The smallest absolute Gasteiger partial charge is 0.224 e. The van der Waals surface area contributed by atoms with Gasteiger partial charge in [0.1, 0.15) is 5.75 Å². The van der Waals surface area contributed by atoms with Crippen molar-refractivity contribution in [3.05, 3.63) is 28.8 Å². The predicted molar refractivity (Wildman–Crippen MR) is 77.2 cm³/mol. The van der Waals surface area contributed by atoms with Crippen molar-refractivity contribution in [2.75, 3.05) is 14.2 Å². The molecule has 0 radical (unpaired) electrons. The molecule has 0 fully saturated rings. The molecule has 0 aliphatic rings. The molecule has 1 rings (SSSR count). The number of benzene rings is 1. The summed E-state index contributed by atoms with van der Waals surface area (Å²) >= 11 is 0. The Bertz CT molecular complexity index is 456. The van der Waals surface area contributed by atoms with Crippen LogP contribution in [0.4, 0.5) is 0 Å². The molecule has 1 aromatic carbocycles. The highest BCUT2D eigenvalue weighted by atomic mass is 16.5. The Hall–Kier alpha value is -1.55. The van der Waals surface area contributed by atoms with Gasteiger partial charge in [-0.25, -0.2) is 0 Å². The maximum atomic E-state index is 11.9. The predicted octanol–water partition coefficient (Wildman–Crippen LogP) is 2.01. The summed E-state index contributed by atoms with van der Waals surface area (Å²) < 4.78 is 5.29. The third kappa shape index (κ3) is 4.24. The summed E-state index contributed by atoms with van der Waals surface area (Å²) in [7, 11) is 3.48. The first-order valence-corrected chi connectivity index (χ1v) is 6.48. The maximum Gasteiger partial charge on any atom is 0.224 e. The lowest BCUT2D eigenvalue weighted by molar-refractivity contribution is -0.130. The van der Waals surface area contributed by atoms with Crippen molar-refractivity contribution in [2.24, 2.45) is 5.73 Å². The Morgan fingerprint density at radius 1 is 1.37 bits per heavy atom. The molecule has 19 heavy (non-hydrogen) atoms. The zero-order valence-corrected chi connectivity index (χ0v) is 12.5. The minimum atomic E-state index is -0.103. The van der Waals surface area contributed by atoms with Crippen molar-refractivity contribution in [3.8, 4) is 5.75 Å². The number of hydrogen-bond acceptors (Lipinski definition) is 3. The van der Waals surface area contributed by atoms with Crippen LogP contribution in [0.5, 0.6) is 5.75 Å². The summed E-state index contributed by atoms with van der Waals surface area (Å²) in [5, 5.41) is 0. The molecular weight excluding hydrogens is 240 g/mol. The van der Waals surface area contributed by atoms with Gasteiger partial charge in [0.25, 0.3) is 0 Å². The number of ether oxygens (including phenoxy) is 1. The minimum absolute atomic E-state index is 0.0721. The Morgan fingerprint density at radius 2 is 2.00 bits per heavy atom. The molecule has 0 aromatic heterocycles. The van der Waals surface area contributed by atoms with Crippen molar-refractivity contribution in [2.45, 2.75) is 39.8 Å². The van der Waals surface area contributed by atoms with E-state index in [0.717, 1.165) is 22.4 Å². The highest BCUT2D eigenvalue weighted by molar-refractivity contribution is 5.76. The van der Waals surface area contributed by atoms with Crippen LogP contribution in [0.3, 0.4) is 0 Å². The van der Waals surface area contributed by atoms with E-state index in [4.69, 9.17) is 10.5 Å². The molecule has 1 unspecified atom stereocenters. The second-order valence-corrected chi connectivity index (χ2v) is 5.18. The van der Waals surface area contributed by atoms with Crippen molar-refractivity contribution < 1.29 is 9.53 Å². The summed E-state index contributed by atoms with van der Waals surface area (Å²) in [4.78, 5) is 13.6. The summed E-state index contributed by atoms with van der Waals surface area (Å²) in [5.41, 5.74) is 9.00. The maximum absolute atomic E-state index is 11.9. The largest absolute Gasteiger partial charge is 0.496 e. The third-order valence-corrected chi connectivity index (χ3v) is 3.18. The quantitative estimate of drug-likeness (QED) is 0.885. The fourth-order valence-corrected chi connectivity index (χ4v) is 2.01. The van der Waals surface area contributed by atoms with Gasteiger partial charge >= 0.3 is 0 Å². The third-order valence-electron chi connectivity index (χ3n) is 3.18. The monoisotopic (exact) mass is 264 g/mol. The van der Waals surface area contributed by atoms with Crippen LogP contribution in [0.2, 0.25) is 0 Å². The van der Waals surface area contributed by atoms with Crippen molar-refractivity contribution in [1.82, 2.24) is 4.90 Å². The van der Waals surface area contributed by atoms with Gasteiger partial charge in [-0.2, -0.15) is 0 Å². The van der Waals surface area contributed by atoms with Gasteiger partial charge < -0.3 is 15.4 Å². The van der Waals surface area contributed by atoms with Crippen LogP contribution in [0.15, 0.2) is 12.1 Å². The highest BCUT2D eigenvalue weighted by Gasteiger charge is 2.13. The lowest BCUT2D eigenvalue weighted by Gasteiger charge is -2.20. The lowest BCUT2D eigenvalue weighted by atomic mass is 10.0. The Morgan fingerprint density at radius 3 is 2.53 bits per heavy atom. The number of nitrogens with zero attached hydrogens (tertiary/aromatic N) is 1. The zero-order valence-electron chi connectivity index (χ0n) is 12.5. The van der Waals surface area contributed by atoms with E-state index in [2.05, 4.69) is 6.07 Å². The van der Waals surface area contributed by atoms with Crippen LogP contribution in [0.1, 0.15) is 30.0 Å². The average molecular weight is 264 g/mol. The van der Waals surface area contributed by atoms with Crippen LogP contribution in [0, 0.1) is 13.8 Å². The second kappa shape index (κ2) is 6.57. The number of amides is 1. The van der Waals surface area contributed by atoms with Crippen LogP contribution in [0.25, 0.3) is 0 Å². The SMILES string of the molecule is COc1cc(C)c(CN(C)C(=O)CC(C)N)cc1C. The van der Waals surface area contributed by atoms with Gasteiger partial charge in [-0.3, -0.25) is 4.79 Å². The van der Waals surface area contributed by atoms with Crippen LogP contribution in [-0.2, 0) is 11.3 Å². The summed E-state index contributed by atoms with van der Waals surface area (Å²) in [6, 6.07) is 3.98. The molecule has 1 atom stereocenters. The Labute approximate surface area is 115 Å². The Kier molecular flexibility index (Phi) is 5.36. The molecule has 0 spiro atoms. The van der Waals surface area contributed by atoms with E-state index in [1.807, 2.05) is 33.9 Å². The number of carbonyl (C=O) groups excluding carboxylic acids is 1. The molecule has 0 bridgehead atoms. The Balaban J connectivity index is 2.82. The zero-order chi connectivity index (χ0) is 14.6. The highest BCUT2D eigenvalue weighted by Crippen LogP contribution is 2.23. The molecule has 0 aliphatic heterocycles. The molecule has 2 N–H and O–H groups in total. The molecule has 4 nitrogen and oxygen atoms in total. The van der Waals surface area contributed by atoms with Gasteiger partial charge in [-0.1, -0.05) is 6.07 Å². The molecular formula is C15H24N2O2. The minimum Gasteiger partial charge on any atom is -0.496 e. The van der Waals surface area contributed by atoms with E-state index in [1.54, 1.807) is 12.0 Å².